The van der Waals surface area contributed by atoms with Crippen molar-refractivity contribution in [2.75, 3.05) is 26.7 Å². The molecular formula is C16H26N2O. The molecule has 1 aliphatic rings. The van der Waals surface area contributed by atoms with Gasteiger partial charge in [-0.3, -0.25) is 0 Å². The fourth-order valence-electron chi connectivity index (χ4n) is 2.36. The van der Waals surface area contributed by atoms with Crippen molar-refractivity contribution in [3.63, 3.8) is 0 Å². The summed E-state index contributed by atoms with van der Waals surface area (Å²) in [5.41, 5.74) is 2.72. The Balaban J connectivity index is 2.00. The Kier molecular flexibility index (Phi) is 4.48. The zero-order chi connectivity index (χ0) is 13.9. The van der Waals surface area contributed by atoms with Gasteiger partial charge in [0.25, 0.3) is 0 Å². The molecule has 1 aromatic carbocycles. The summed E-state index contributed by atoms with van der Waals surface area (Å²) in [6, 6.07) is 6.51. The fraction of sp³-hybridized carbons (Fsp3) is 0.625. The van der Waals surface area contributed by atoms with E-state index < -0.39 is 0 Å². The fourth-order valence-corrected chi connectivity index (χ4v) is 2.36. The predicted octanol–water partition coefficient (Wildman–Crippen LogP) is 2.30. The third-order valence-electron chi connectivity index (χ3n) is 3.70. The van der Waals surface area contributed by atoms with Gasteiger partial charge in [0.1, 0.15) is 5.75 Å². The second-order valence-electron chi connectivity index (χ2n) is 6.44. The zero-order valence-electron chi connectivity index (χ0n) is 12.5. The van der Waals surface area contributed by atoms with Crippen LogP contribution in [0.15, 0.2) is 18.2 Å². The lowest BCUT2D eigenvalue weighted by Gasteiger charge is -2.27. The average Bonchev–Trinajstić information content (AvgIpc) is 2.31. The maximum absolute atomic E-state index is 5.47. The van der Waals surface area contributed by atoms with Crippen LogP contribution in [0.1, 0.15) is 31.9 Å². The maximum Gasteiger partial charge on any atom is 0.122 e. The molecule has 19 heavy (non-hydrogen) atoms. The van der Waals surface area contributed by atoms with Crippen LogP contribution in [0.4, 0.5) is 0 Å². The first-order valence-corrected chi connectivity index (χ1v) is 7.09. The van der Waals surface area contributed by atoms with Gasteiger partial charge in [-0.1, -0.05) is 32.9 Å². The lowest BCUT2D eigenvalue weighted by atomic mass is 9.85. The molecule has 0 atom stereocenters. The molecule has 1 fully saturated rings. The van der Waals surface area contributed by atoms with Gasteiger partial charge in [-0.15, -0.1) is 0 Å². The summed E-state index contributed by atoms with van der Waals surface area (Å²) in [5.74, 6) is 1.79. The highest BCUT2D eigenvalue weighted by atomic mass is 16.5. The van der Waals surface area contributed by atoms with Crippen molar-refractivity contribution in [3.8, 4) is 5.75 Å². The molecule has 0 aromatic heterocycles. The molecule has 106 valence electrons. The highest BCUT2D eigenvalue weighted by molar-refractivity contribution is 5.41. The molecule has 0 spiro atoms. The molecule has 0 radical (unpaired) electrons. The van der Waals surface area contributed by atoms with Gasteiger partial charge >= 0.3 is 0 Å². The molecule has 0 unspecified atom stereocenters. The highest BCUT2D eigenvalue weighted by Crippen LogP contribution is 2.31. The average molecular weight is 262 g/mol. The highest BCUT2D eigenvalue weighted by Gasteiger charge is 2.19. The summed E-state index contributed by atoms with van der Waals surface area (Å²) in [6.07, 6.45) is 0. The number of ether oxygens (including phenoxy) is 1. The summed E-state index contributed by atoms with van der Waals surface area (Å²) in [7, 11) is 1.74. The summed E-state index contributed by atoms with van der Waals surface area (Å²) < 4.78 is 5.47. The van der Waals surface area contributed by atoms with Gasteiger partial charge in [-0.05, 0) is 28.5 Å². The van der Waals surface area contributed by atoms with Crippen molar-refractivity contribution >= 4 is 0 Å². The van der Waals surface area contributed by atoms with Crippen molar-refractivity contribution < 1.29 is 4.74 Å². The molecule has 2 rings (SSSR count). The number of nitrogens with one attached hydrogen (secondary N) is 2. The Hall–Kier alpha value is -1.06. The van der Waals surface area contributed by atoms with Crippen LogP contribution in [-0.2, 0) is 12.0 Å². The van der Waals surface area contributed by atoms with E-state index in [9.17, 15) is 0 Å². The largest absolute Gasteiger partial charge is 0.496 e. The normalized spacial score (nSPS) is 16.2. The van der Waals surface area contributed by atoms with Crippen LogP contribution in [-0.4, -0.2) is 26.7 Å². The molecule has 1 saturated heterocycles. The van der Waals surface area contributed by atoms with E-state index in [4.69, 9.17) is 4.74 Å². The molecule has 0 amide bonds. The second-order valence-corrected chi connectivity index (χ2v) is 6.44. The predicted molar refractivity (Wildman–Crippen MR) is 79.8 cm³/mol. The van der Waals surface area contributed by atoms with Crippen LogP contribution in [0.5, 0.6) is 5.75 Å². The van der Waals surface area contributed by atoms with Gasteiger partial charge in [0.05, 0.1) is 7.11 Å². The molecule has 2 N–H and O–H groups in total. The van der Waals surface area contributed by atoms with E-state index in [-0.39, 0.29) is 5.41 Å². The Bertz CT molecular complexity index is 419. The summed E-state index contributed by atoms with van der Waals surface area (Å²) >= 11 is 0. The van der Waals surface area contributed by atoms with Crippen LogP contribution in [0.25, 0.3) is 0 Å². The van der Waals surface area contributed by atoms with Gasteiger partial charge in [0.2, 0.25) is 0 Å². The molecule has 1 aromatic rings. The van der Waals surface area contributed by atoms with Gasteiger partial charge < -0.3 is 15.4 Å². The Morgan fingerprint density at radius 2 is 2.05 bits per heavy atom. The van der Waals surface area contributed by atoms with Crippen LogP contribution in [0, 0.1) is 5.92 Å². The number of rotatable bonds is 5. The van der Waals surface area contributed by atoms with Gasteiger partial charge in [-0.2, -0.15) is 0 Å². The molecular weight excluding hydrogens is 236 g/mol. The Morgan fingerprint density at radius 3 is 2.58 bits per heavy atom. The number of benzene rings is 1. The quantitative estimate of drug-likeness (QED) is 0.854. The number of hydrogen-bond acceptors (Lipinski definition) is 3. The van der Waals surface area contributed by atoms with Crippen LogP contribution in [0.3, 0.4) is 0 Å². The van der Waals surface area contributed by atoms with Crippen molar-refractivity contribution in [1.82, 2.24) is 10.6 Å². The van der Waals surface area contributed by atoms with Crippen LogP contribution in [0.2, 0.25) is 0 Å². The first-order chi connectivity index (χ1) is 9.00. The van der Waals surface area contributed by atoms with E-state index in [1.807, 2.05) is 0 Å². The van der Waals surface area contributed by atoms with E-state index in [1.165, 1.54) is 11.1 Å². The standard InChI is InChI=1S/C16H26N2O/c1-16(2,3)14-7-12(5-6-15(14)19-4)8-17-9-13-10-18-11-13/h5-7,13,17-18H,8-11H2,1-4H3. The molecule has 1 aliphatic heterocycles. The van der Waals surface area contributed by atoms with Crippen LogP contribution >= 0.6 is 0 Å². The minimum absolute atomic E-state index is 0.110. The first-order valence-electron chi connectivity index (χ1n) is 7.09. The third-order valence-corrected chi connectivity index (χ3v) is 3.70. The zero-order valence-corrected chi connectivity index (χ0v) is 12.5. The molecule has 0 saturated carbocycles. The van der Waals surface area contributed by atoms with Gasteiger partial charge in [-0.25, -0.2) is 0 Å². The molecule has 3 nitrogen and oxygen atoms in total. The topological polar surface area (TPSA) is 33.3 Å². The lowest BCUT2D eigenvalue weighted by Crippen LogP contribution is -2.47. The minimum Gasteiger partial charge on any atom is -0.496 e. The molecule has 3 heteroatoms. The summed E-state index contributed by atoms with van der Waals surface area (Å²) in [5, 5.41) is 6.84. The molecule has 0 bridgehead atoms. The number of methoxy groups -OCH3 is 1. The minimum atomic E-state index is 0.110. The van der Waals surface area contributed by atoms with E-state index in [1.54, 1.807) is 7.11 Å². The summed E-state index contributed by atoms with van der Waals surface area (Å²) in [4.78, 5) is 0. The van der Waals surface area contributed by atoms with Crippen molar-refractivity contribution in [3.05, 3.63) is 29.3 Å². The van der Waals surface area contributed by atoms with Gasteiger partial charge in [0.15, 0.2) is 0 Å². The SMILES string of the molecule is COc1ccc(CNCC2CNC2)cc1C(C)(C)C. The lowest BCUT2D eigenvalue weighted by molar-refractivity contribution is 0.331. The van der Waals surface area contributed by atoms with Crippen molar-refractivity contribution in [2.45, 2.75) is 32.7 Å². The van der Waals surface area contributed by atoms with Gasteiger partial charge in [0, 0.05) is 26.2 Å². The first kappa shape index (κ1) is 14.4. The van der Waals surface area contributed by atoms with E-state index >= 15 is 0 Å². The third kappa shape index (κ3) is 3.71. The van der Waals surface area contributed by atoms with Crippen molar-refractivity contribution in [2.24, 2.45) is 5.92 Å². The maximum atomic E-state index is 5.47. The van der Waals surface area contributed by atoms with Crippen molar-refractivity contribution in [1.29, 1.82) is 0 Å². The smallest absolute Gasteiger partial charge is 0.122 e. The van der Waals surface area contributed by atoms with Crippen LogP contribution < -0.4 is 15.4 Å². The van der Waals surface area contributed by atoms with E-state index in [2.05, 4.69) is 49.6 Å². The number of hydrogen-bond donors (Lipinski definition) is 2. The monoisotopic (exact) mass is 262 g/mol. The molecule has 0 aliphatic carbocycles. The molecule has 1 heterocycles. The Morgan fingerprint density at radius 1 is 1.32 bits per heavy atom. The Labute approximate surface area is 116 Å². The van der Waals surface area contributed by atoms with E-state index in [0.29, 0.717) is 0 Å². The van der Waals surface area contributed by atoms with E-state index in [0.717, 1.165) is 37.8 Å². The summed E-state index contributed by atoms with van der Waals surface area (Å²) in [6.45, 7) is 11.0. The second kappa shape index (κ2) is 5.93.